The summed E-state index contributed by atoms with van der Waals surface area (Å²) in [5.41, 5.74) is 2.88. The van der Waals surface area contributed by atoms with Crippen LogP contribution >= 0.6 is 0 Å². The minimum atomic E-state index is -1.13. The van der Waals surface area contributed by atoms with Crippen molar-refractivity contribution in [2.75, 3.05) is 25.5 Å². The van der Waals surface area contributed by atoms with Crippen LogP contribution in [0.3, 0.4) is 0 Å². The average Bonchev–Trinajstić information content (AvgIpc) is 3.03. The van der Waals surface area contributed by atoms with E-state index < -0.39 is 23.9 Å². The molecule has 0 aliphatic rings. The van der Waals surface area contributed by atoms with E-state index in [-0.39, 0.29) is 30.3 Å². The zero-order chi connectivity index (χ0) is 24.0. The molecular formula is C23H29N3O6. The normalized spacial score (nSPS) is 11.4. The molecule has 0 aliphatic carbocycles. The second kappa shape index (κ2) is 10.6. The van der Waals surface area contributed by atoms with Crippen molar-refractivity contribution in [3.63, 3.8) is 0 Å². The number of hydrogen-bond donors (Lipinski definition) is 2. The first kappa shape index (κ1) is 24.6. The Kier molecular flexibility index (Phi) is 8.17. The topological polar surface area (TPSA) is 118 Å². The van der Waals surface area contributed by atoms with Crippen molar-refractivity contribution >= 4 is 29.4 Å². The zero-order valence-corrected chi connectivity index (χ0v) is 19.2. The van der Waals surface area contributed by atoms with Gasteiger partial charge >= 0.3 is 11.9 Å². The van der Waals surface area contributed by atoms with Gasteiger partial charge in [0.25, 0.3) is 5.91 Å². The molecule has 0 saturated heterocycles. The third-order valence-corrected chi connectivity index (χ3v) is 4.85. The van der Waals surface area contributed by atoms with E-state index in [4.69, 9.17) is 9.47 Å². The Bertz CT molecular complexity index is 1010. The number of aromatic nitrogens is 1. The Hall–Kier alpha value is -3.62. The van der Waals surface area contributed by atoms with Gasteiger partial charge < -0.3 is 24.7 Å². The van der Waals surface area contributed by atoms with Crippen molar-refractivity contribution in [3.8, 4) is 0 Å². The number of amides is 2. The molecule has 172 valence electrons. The van der Waals surface area contributed by atoms with E-state index in [9.17, 15) is 19.2 Å². The smallest absolute Gasteiger partial charge is 0.355 e. The Labute approximate surface area is 187 Å². The number of rotatable bonds is 8. The summed E-state index contributed by atoms with van der Waals surface area (Å²) in [6.45, 7) is 8.29. The molecule has 1 heterocycles. The molecule has 1 atom stereocenters. The number of carbonyl (C=O) groups is 4. The van der Waals surface area contributed by atoms with Gasteiger partial charge in [0.1, 0.15) is 5.69 Å². The fourth-order valence-electron chi connectivity index (χ4n) is 3.17. The number of nitrogens with one attached hydrogen (secondary N) is 2. The molecule has 0 bridgehead atoms. The van der Waals surface area contributed by atoms with E-state index in [0.29, 0.717) is 16.9 Å². The molecule has 0 spiro atoms. The first-order valence-electron chi connectivity index (χ1n) is 10.2. The van der Waals surface area contributed by atoms with Crippen LogP contribution in [-0.2, 0) is 19.1 Å². The van der Waals surface area contributed by atoms with E-state index in [1.165, 1.54) is 18.9 Å². The van der Waals surface area contributed by atoms with Crippen molar-refractivity contribution in [1.29, 1.82) is 0 Å². The van der Waals surface area contributed by atoms with Gasteiger partial charge in [-0.25, -0.2) is 9.59 Å². The predicted octanol–water partition coefficient (Wildman–Crippen LogP) is 2.76. The summed E-state index contributed by atoms with van der Waals surface area (Å²) in [5, 5.41) is 2.71. The highest BCUT2D eigenvalue weighted by atomic mass is 16.5. The number of likely N-dealkylation sites (N-methyl/N-ethyl adjacent to an activating group) is 1. The molecule has 9 heteroatoms. The first-order chi connectivity index (χ1) is 15.0. The summed E-state index contributed by atoms with van der Waals surface area (Å²) < 4.78 is 10.3. The Morgan fingerprint density at radius 3 is 2.28 bits per heavy atom. The molecule has 2 N–H and O–H groups in total. The molecule has 0 radical (unpaired) electrons. The molecule has 0 saturated carbocycles. The second-order valence-corrected chi connectivity index (χ2v) is 7.50. The molecule has 32 heavy (non-hydrogen) atoms. The Balaban J connectivity index is 1.98. The van der Waals surface area contributed by atoms with Crippen LogP contribution in [-0.4, -0.2) is 59.9 Å². The van der Waals surface area contributed by atoms with E-state index >= 15 is 0 Å². The molecule has 1 aromatic carbocycles. The van der Waals surface area contributed by atoms with Crippen molar-refractivity contribution in [2.24, 2.45) is 0 Å². The van der Waals surface area contributed by atoms with Crippen LogP contribution in [0.25, 0.3) is 0 Å². The van der Waals surface area contributed by atoms with Crippen LogP contribution < -0.4 is 5.32 Å². The summed E-state index contributed by atoms with van der Waals surface area (Å²) >= 11 is 0. The minimum Gasteiger partial charge on any atom is -0.462 e. The van der Waals surface area contributed by atoms with Crippen molar-refractivity contribution in [1.82, 2.24) is 9.88 Å². The molecule has 2 amide bonds. The van der Waals surface area contributed by atoms with E-state index in [0.717, 1.165) is 5.56 Å². The summed E-state index contributed by atoms with van der Waals surface area (Å²) in [7, 11) is 1.45. The van der Waals surface area contributed by atoms with Crippen LogP contribution in [0.1, 0.15) is 51.5 Å². The molecule has 1 aromatic heterocycles. The number of anilines is 1. The first-order valence-corrected chi connectivity index (χ1v) is 10.2. The lowest BCUT2D eigenvalue weighted by molar-refractivity contribution is -0.140. The van der Waals surface area contributed by atoms with Gasteiger partial charge in [-0.2, -0.15) is 0 Å². The monoisotopic (exact) mass is 443 g/mol. The number of H-pyrrole nitrogens is 1. The van der Waals surface area contributed by atoms with Gasteiger partial charge in [0.15, 0.2) is 6.10 Å². The molecule has 2 rings (SSSR count). The Morgan fingerprint density at radius 1 is 1.06 bits per heavy atom. The summed E-state index contributed by atoms with van der Waals surface area (Å²) in [4.78, 5) is 53.5. The van der Waals surface area contributed by atoms with Gasteiger partial charge in [-0.15, -0.1) is 0 Å². The number of carbonyl (C=O) groups excluding carboxylic acids is 4. The van der Waals surface area contributed by atoms with Crippen molar-refractivity contribution in [3.05, 3.63) is 52.3 Å². The fourth-order valence-corrected chi connectivity index (χ4v) is 3.17. The molecule has 9 nitrogen and oxygen atoms in total. The summed E-state index contributed by atoms with van der Waals surface area (Å²) in [6.07, 6.45) is -1.13. The number of ether oxygens (including phenoxy) is 2. The Morgan fingerprint density at radius 2 is 1.69 bits per heavy atom. The minimum absolute atomic E-state index is 0.0740. The van der Waals surface area contributed by atoms with Crippen LogP contribution in [0, 0.1) is 20.8 Å². The van der Waals surface area contributed by atoms with Crippen molar-refractivity contribution in [2.45, 2.75) is 40.7 Å². The van der Waals surface area contributed by atoms with Crippen LogP contribution in [0.5, 0.6) is 0 Å². The summed E-state index contributed by atoms with van der Waals surface area (Å²) in [6, 6.07) is 7.27. The third-order valence-electron chi connectivity index (χ3n) is 4.85. The zero-order valence-electron chi connectivity index (χ0n) is 19.2. The van der Waals surface area contributed by atoms with Crippen LogP contribution in [0.4, 0.5) is 5.69 Å². The highest BCUT2D eigenvalue weighted by Crippen LogP contribution is 2.20. The number of esters is 2. The predicted molar refractivity (Wildman–Crippen MR) is 119 cm³/mol. The van der Waals surface area contributed by atoms with Crippen LogP contribution in [0.2, 0.25) is 0 Å². The van der Waals surface area contributed by atoms with Crippen molar-refractivity contribution < 1.29 is 28.7 Å². The van der Waals surface area contributed by atoms with Gasteiger partial charge in [0.2, 0.25) is 5.91 Å². The largest absolute Gasteiger partial charge is 0.462 e. The molecule has 0 fully saturated rings. The maximum absolute atomic E-state index is 12.6. The quantitative estimate of drug-likeness (QED) is 0.606. The lowest BCUT2D eigenvalue weighted by Gasteiger charge is -2.21. The van der Waals surface area contributed by atoms with E-state index in [1.54, 1.807) is 32.9 Å². The lowest BCUT2D eigenvalue weighted by atomic mass is 10.1. The third kappa shape index (κ3) is 5.96. The lowest BCUT2D eigenvalue weighted by Crippen LogP contribution is -2.41. The second-order valence-electron chi connectivity index (χ2n) is 7.50. The molecule has 0 aliphatic heterocycles. The van der Waals surface area contributed by atoms with Crippen LogP contribution in [0.15, 0.2) is 24.3 Å². The maximum Gasteiger partial charge on any atom is 0.355 e. The maximum atomic E-state index is 12.6. The summed E-state index contributed by atoms with van der Waals surface area (Å²) in [5.74, 6) is -2.23. The van der Waals surface area contributed by atoms with Gasteiger partial charge in [-0.05, 0) is 52.3 Å². The molecule has 1 unspecified atom stereocenters. The number of nitrogens with zero attached hydrogens (tertiary/aromatic N) is 1. The highest BCUT2D eigenvalue weighted by Gasteiger charge is 2.28. The average molecular weight is 444 g/mol. The standard InChI is InChI=1S/C23H29N3O6/c1-7-31-22(29)19-14(3)20(24-15(19)4)23(30)32-16(5)21(28)26(6)12-18(27)25-17-10-8-13(2)9-11-17/h8-11,16,24H,7,12H2,1-6H3,(H,25,27). The van der Waals surface area contributed by atoms with Gasteiger partial charge in [0, 0.05) is 18.4 Å². The highest BCUT2D eigenvalue weighted by molar-refractivity contribution is 5.99. The van der Waals surface area contributed by atoms with E-state index in [2.05, 4.69) is 10.3 Å². The van der Waals surface area contributed by atoms with E-state index in [1.807, 2.05) is 19.1 Å². The number of benzene rings is 1. The molecule has 2 aromatic rings. The number of aromatic amines is 1. The van der Waals surface area contributed by atoms with Gasteiger partial charge in [0.05, 0.1) is 18.7 Å². The SMILES string of the molecule is CCOC(=O)c1c(C)[nH]c(C(=O)OC(C)C(=O)N(C)CC(=O)Nc2ccc(C)cc2)c1C. The fraction of sp³-hybridized carbons (Fsp3) is 0.391. The number of hydrogen-bond acceptors (Lipinski definition) is 6. The molecular weight excluding hydrogens is 414 g/mol. The van der Waals surface area contributed by atoms with Gasteiger partial charge in [-0.3, -0.25) is 9.59 Å². The van der Waals surface area contributed by atoms with Gasteiger partial charge in [-0.1, -0.05) is 17.7 Å². The number of aryl methyl sites for hydroxylation is 2.